The van der Waals surface area contributed by atoms with Gasteiger partial charge < -0.3 is 4.74 Å². The van der Waals surface area contributed by atoms with Crippen LogP contribution in [0.3, 0.4) is 0 Å². The molecule has 0 fully saturated rings. The molecular formula is C27H19N3O3S. The van der Waals surface area contributed by atoms with Crippen molar-refractivity contribution in [2.45, 2.75) is 0 Å². The lowest BCUT2D eigenvalue weighted by Gasteiger charge is -2.04. The molecule has 4 rings (SSSR count). The molecule has 0 aliphatic carbocycles. The molecule has 0 aliphatic heterocycles. The largest absolute Gasteiger partial charge is 0.451 e. The second kappa shape index (κ2) is 10.9. The molecular weight excluding hydrogens is 446 g/mol. The Labute approximate surface area is 200 Å². The van der Waals surface area contributed by atoms with Crippen molar-refractivity contribution < 1.29 is 14.3 Å². The van der Waals surface area contributed by atoms with Crippen molar-refractivity contribution in [1.82, 2.24) is 4.98 Å². The predicted molar refractivity (Wildman–Crippen MR) is 133 cm³/mol. The number of amides is 1. The lowest BCUT2D eigenvalue weighted by Crippen LogP contribution is -2.21. The number of carbonyl (C=O) groups excluding carboxylic acids is 2. The van der Waals surface area contributed by atoms with Crippen molar-refractivity contribution in [3.63, 3.8) is 0 Å². The number of aromatic nitrogens is 1. The summed E-state index contributed by atoms with van der Waals surface area (Å²) < 4.78 is 4.98. The van der Waals surface area contributed by atoms with E-state index in [2.05, 4.69) is 22.4 Å². The van der Waals surface area contributed by atoms with E-state index >= 15 is 0 Å². The number of nitriles is 1. The number of thiazole rings is 1. The first-order chi connectivity index (χ1) is 16.6. The van der Waals surface area contributed by atoms with Gasteiger partial charge in [-0.1, -0.05) is 84.9 Å². The highest BCUT2D eigenvalue weighted by molar-refractivity contribution is 7.14. The minimum atomic E-state index is -0.861. The zero-order chi connectivity index (χ0) is 23.8. The normalized spacial score (nSPS) is 10.9. The number of esters is 1. The highest BCUT2D eigenvalue weighted by atomic mass is 32.1. The van der Waals surface area contributed by atoms with Crippen LogP contribution in [0, 0.1) is 11.3 Å². The summed E-state index contributed by atoms with van der Waals surface area (Å²) in [6.07, 6.45) is 1.41. The molecule has 7 heteroatoms. The molecule has 1 amide bonds. The van der Waals surface area contributed by atoms with Crippen molar-refractivity contribution in [3.05, 3.63) is 101 Å². The van der Waals surface area contributed by atoms with Crippen molar-refractivity contribution in [2.75, 3.05) is 11.9 Å². The lowest BCUT2D eigenvalue weighted by atomic mass is 10.0. The van der Waals surface area contributed by atoms with Gasteiger partial charge in [0, 0.05) is 10.9 Å². The van der Waals surface area contributed by atoms with Crippen LogP contribution in [0.4, 0.5) is 5.13 Å². The lowest BCUT2D eigenvalue weighted by molar-refractivity contribution is -0.142. The van der Waals surface area contributed by atoms with Crippen LogP contribution in [0.15, 0.2) is 95.9 Å². The monoisotopic (exact) mass is 465 g/mol. The molecule has 1 N–H and O–H groups in total. The number of ether oxygens (including phenoxy) is 1. The maximum Gasteiger partial charge on any atom is 0.349 e. The number of carbonyl (C=O) groups is 2. The molecule has 0 spiro atoms. The van der Waals surface area contributed by atoms with Crippen LogP contribution >= 0.6 is 11.3 Å². The molecule has 0 radical (unpaired) electrons. The second-order valence-corrected chi connectivity index (χ2v) is 8.04. The number of hydrogen-bond acceptors (Lipinski definition) is 6. The van der Waals surface area contributed by atoms with Crippen molar-refractivity contribution in [1.29, 1.82) is 5.26 Å². The van der Waals surface area contributed by atoms with E-state index in [9.17, 15) is 14.9 Å². The summed E-state index contributed by atoms with van der Waals surface area (Å²) in [5.41, 5.74) is 4.39. The van der Waals surface area contributed by atoms with Gasteiger partial charge in [-0.3, -0.25) is 10.1 Å². The summed E-state index contributed by atoms with van der Waals surface area (Å²) in [6, 6.07) is 28.8. The van der Waals surface area contributed by atoms with Gasteiger partial charge in [-0.25, -0.2) is 9.78 Å². The Morgan fingerprint density at radius 3 is 2.21 bits per heavy atom. The average Bonchev–Trinajstić information content (AvgIpc) is 3.35. The summed E-state index contributed by atoms with van der Waals surface area (Å²) in [4.78, 5) is 28.8. The summed E-state index contributed by atoms with van der Waals surface area (Å²) in [6.45, 7) is -0.521. The van der Waals surface area contributed by atoms with Gasteiger partial charge in [-0.05, 0) is 22.8 Å². The maximum absolute atomic E-state index is 12.2. The molecule has 3 aromatic carbocycles. The van der Waals surface area contributed by atoms with Crippen LogP contribution in [-0.4, -0.2) is 23.5 Å². The Morgan fingerprint density at radius 2 is 1.53 bits per heavy atom. The third kappa shape index (κ3) is 5.82. The zero-order valence-electron chi connectivity index (χ0n) is 18.0. The van der Waals surface area contributed by atoms with Gasteiger partial charge in [-0.15, -0.1) is 11.3 Å². The Hall–Kier alpha value is -4.54. The second-order valence-electron chi connectivity index (χ2n) is 7.19. The molecule has 166 valence electrons. The van der Waals surface area contributed by atoms with Crippen LogP contribution in [0.25, 0.3) is 28.5 Å². The number of benzene rings is 3. The predicted octanol–water partition coefficient (Wildman–Crippen LogP) is 5.57. The fourth-order valence-corrected chi connectivity index (χ4v) is 3.88. The van der Waals surface area contributed by atoms with Crippen LogP contribution in [0.5, 0.6) is 0 Å². The van der Waals surface area contributed by atoms with Gasteiger partial charge in [0.2, 0.25) is 0 Å². The first kappa shape index (κ1) is 22.6. The van der Waals surface area contributed by atoms with Crippen molar-refractivity contribution >= 4 is 34.4 Å². The van der Waals surface area contributed by atoms with Crippen LogP contribution < -0.4 is 5.32 Å². The number of nitrogens with zero attached hydrogens (tertiary/aromatic N) is 2. The molecule has 1 aromatic heterocycles. The van der Waals surface area contributed by atoms with Gasteiger partial charge in [-0.2, -0.15) is 5.26 Å². The van der Waals surface area contributed by atoms with Gasteiger partial charge >= 0.3 is 5.97 Å². The van der Waals surface area contributed by atoms with E-state index in [-0.39, 0.29) is 5.57 Å². The van der Waals surface area contributed by atoms with E-state index < -0.39 is 18.5 Å². The Morgan fingerprint density at radius 1 is 0.912 bits per heavy atom. The molecule has 0 saturated heterocycles. The van der Waals surface area contributed by atoms with Crippen molar-refractivity contribution in [2.24, 2.45) is 0 Å². The number of rotatable bonds is 7. The molecule has 0 saturated carbocycles. The Kier molecular flexibility index (Phi) is 7.23. The van der Waals surface area contributed by atoms with E-state index in [0.29, 0.717) is 10.7 Å². The summed E-state index contributed by atoms with van der Waals surface area (Å²) in [5.74, 6) is -1.40. The molecule has 0 atom stereocenters. The SMILES string of the molecule is N#C/C(=C/c1ccccc1)C(=O)OCC(=O)Nc1nc(-c2ccc(-c3ccccc3)cc2)cs1. The number of nitrogens with one attached hydrogen (secondary N) is 1. The van der Waals surface area contributed by atoms with E-state index in [0.717, 1.165) is 22.4 Å². The van der Waals surface area contributed by atoms with E-state index in [1.165, 1.54) is 17.4 Å². The third-order valence-corrected chi connectivity index (χ3v) is 5.58. The zero-order valence-corrected chi connectivity index (χ0v) is 18.8. The summed E-state index contributed by atoms with van der Waals surface area (Å²) >= 11 is 1.27. The molecule has 34 heavy (non-hydrogen) atoms. The standard InChI is InChI=1S/C27H19N3O3S/c28-16-23(15-19-7-3-1-4-8-19)26(32)33-17-25(31)30-27-29-24(18-34-27)22-13-11-21(12-14-22)20-9-5-2-6-10-20/h1-15,18H,17H2,(H,29,30,31)/b23-15-. The first-order valence-corrected chi connectivity index (χ1v) is 11.3. The van der Waals surface area contributed by atoms with E-state index in [4.69, 9.17) is 4.74 Å². The molecule has 0 bridgehead atoms. The van der Waals surface area contributed by atoms with Gasteiger partial charge in [0.05, 0.1) is 5.69 Å². The Balaban J connectivity index is 1.33. The first-order valence-electron chi connectivity index (χ1n) is 10.4. The quantitative estimate of drug-likeness (QED) is 0.219. The third-order valence-electron chi connectivity index (χ3n) is 4.82. The molecule has 1 heterocycles. The fraction of sp³-hybridized carbons (Fsp3) is 0.0370. The number of hydrogen-bond donors (Lipinski definition) is 1. The molecule has 0 aliphatic rings. The molecule has 6 nitrogen and oxygen atoms in total. The van der Waals surface area contributed by atoms with E-state index in [1.807, 2.05) is 53.9 Å². The Bertz CT molecular complexity index is 1360. The van der Waals surface area contributed by atoms with Gasteiger partial charge in [0.15, 0.2) is 11.7 Å². The number of anilines is 1. The van der Waals surface area contributed by atoms with Gasteiger partial charge in [0.25, 0.3) is 5.91 Å². The highest BCUT2D eigenvalue weighted by Gasteiger charge is 2.14. The summed E-state index contributed by atoms with van der Waals surface area (Å²) in [5, 5.41) is 14.1. The minimum absolute atomic E-state index is 0.186. The van der Waals surface area contributed by atoms with Gasteiger partial charge in [0.1, 0.15) is 11.6 Å². The minimum Gasteiger partial charge on any atom is -0.451 e. The smallest absolute Gasteiger partial charge is 0.349 e. The van der Waals surface area contributed by atoms with Crippen LogP contribution in [-0.2, 0) is 14.3 Å². The summed E-state index contributed by atoms with van der Waals surface area (Å²) in [7, 11) is 0. The van der Waals surface area contributed by atoms with Crippen LogP contribution in [0.2, 0.25) is 0 Å². The average molecular weight is 466 g/mol. The maximum atomic E-state index is 12.2. The molecule has 0 unspecified atom stereocenters. The van der Waals surface area contributed by atoms with Crippen LogP contribution in [0.1, 0.15) is 5.56 Å². The molecule has 4 aromatic rings. The fourth-order valence-electron chi connectivity index (χ4n) is 3.14. The van der Waals surface area contributed by atoms with E-state index in [1.54, 1.807) is 30.3 Å². The highest BCUT2D eigenvalue weighted by Crippen LogP contribution is 2.27. The van der Waals surface area contributed by atoms with Crippen molar-refractivity contribution in [3.8, 4) is 28.5 Å². The topological polar surface area (TPSA) is 92.1 Å².